The minimum Gasteiger partial charge on any atom is -0.399 e. The van der Waals surface area contributed by atoms with Gasteiger partial charge in [0.2, 0.25) is 5.91 Å². The monoisotopic (exact) mass is 207 g/mol. The summed E-state index contributed by atoms with van der Waals surface area (Å²) in [7, 11) is 0. The van der Waals surface area contributed by atoms with Gasteiger partial charge in [-0.15, -0.1) is 0 Å². The number of anilines is 2. The van der Waals surface area contributed by atoms with Crippen molar-refractivity contribution in [1.29, 1.82) is 0 Å². The topological polar surface area (TPSA) is 81.1 Å². The Labute approximate surface area is 89.6 Å². The van der Waals surface area contributed by atoms with E-state index in [1.807, 2.05) is 32.0 Å². The second-order valence-electron chi connectivity index (χ2n) is 3.79. The maximum atomic E-state index is 10.7. The van der Waals surface area contributed by atoms with Crippen molar-refractivity contribution in [1.82, 2.24) is 0 Å². The molecule has 0 spiro atoms. The molecule has 1 amide bonds. The van der Waals surface area contributed by atoms with E-state index in [0.717, 1.165) is 16.9 Å². The van der Waals surface area contributed by atoms with Crippen molar-refractivity contribution in [3.05, 3.63) is 23.8 Å². The average molecular weight is 207 g/mol. The largest absolute Gasteiger partial charge is 0.399 e. The number of hydrogen-bond acceptors (Lipinski definition) is 3. The number of nitrogens with two attached hydrogens (primary N) is 2. The highest BCUT2D eigenvalue weighted by Crippen LogP contribution is 2.17. The number of carbonyl (C=O) groups is 1. The molecule has 0 radical (unpaired) electrons. The second kappa shape index (κ2) is 4.68. The van der Waals surface area contributed by atoms with Crippen LogP contribution in [0.25, 0.3) is 0 Å². The predicted octanol–water partition coefficient (Wildman–Crippen LogP) is 1.25. The lowest BCUT2D eigenvalue weighted by molar-refractivity contribution is -0.118. The summed E-state index contributed by atoms with van der Waals surface area (Å²) in [6.45, 7) is 3.86. The highest BCUT2D eigenvalue weighted by Gasteiger charge is 2.05. The number of hydrogen-bond donors (Lipinski definition) is 3. The highest BCUT2D eigenvalue weighted by atomic mass is 16.1. The molecule has 0 saturated carbocycles. The zero-order chi connectivity index (χ0) is 11.4. The Kier molecular flexibility index (Phi) is 3.55. The van der Waals surface area contributed by atoms with Gasteiger partial charge in [-0.3, -0.25) is 4.79 Å². The molecular weight excluding hydrogens is 190 g/mol. The average Bonchev–Trinajstić information content (AvgIpc) is 2.10. The zero-order valence-corrected chi connectivity index (χ0v) is 9.08. The van der Waals surface area contributed by atoms with Crippen molar-refractivity contribution < 1.29 is 4.79 Å². The summed E-state index contributed by atoms with van der Waals surface area (Å²) in [5, 5.41) is 3.18. The van der Waals surface area contributed by atoms with Gasteiger partial charge in [-0.2, -0.15) is 0 Å². The van der Waals surface area contributed by atoms with E-state index in [4.69, 9.17) is 11.5 Å². The molecule has 0 heterocycles. The Morgan fingerprint density at radius 3 is 2.73 bits per heavy atom. The fraction of sp³-hybridized carbons (Fsp3) is 0.364. The number of nitrogens with one attached hydrogen (secondary N) is 1. The van der Waals surface area contributed by atoms with Gasteiger partial charge < -0.3 is 16.8 Å². The predicted molar refractivity (Wildman–Crippen MR) is 62.5 cm³/mol. The highest BCUT2D eigenvalue weighted by molar-refractivity contribution is 5.75. The SMILES string of the molecule is Cc1cc(NC(C)CC(N)=O)ccc1N. The first-order valence-corrected chi connectivity index (χ1v) is 4.90. The molecular formula is C11H17N3O. The van der Waals surface area contributed by atoms with Crippen LogP contribution in [0.5, 0.6) is 0 Å². The summed E-state index contributed by atoms with van der Waals surface area (Å²) < 4.78 is 0. The number of rotatable bonds is 4. The first kappa shape index (κ1) is 11.4. The molecule has 0 aliphatic carbocycles. The van der Waals surface area contributed by atoms with Gasteiger partial charge in [0, 0.05) is 23.8 Å². The summed E-state index contributed by atoms with van der Waals surface area (Å²) >= 11 is 0. The van der Waals surface area contributed by atoms with Crippen LogP contribution in [0.2, 0.25) is 0 Å². The van der Waals surface area contributed by atoms with Crippen LogP contribution in [0, 0.1) is 6.92 Å². The third-order valence-corrected chi connectivity index (χ3v) is 2.19. The summed E-state index contributed by atoms with van der Waals surface area (Å²) in [6, 6.07) is 5.71. The van der Waals surface area contributed by atoms with Gasteiger partial charge in [0.05, 0.1) is 0 Å². The fourth-order valence-corrected chi connectivity index (χ4v) is 1.40. The van der Waals surface area contributed by atoms with Crippen LogP contribution in [0.15, 0.2) is 18.2 Å². The molecule has 0 saturated heterocycles. The number of carbonyl (C=O) groups excluding carboxylic acids is 1. The van der Waals surface area contributed by atoms with E-state index in [0.29, 0.717) is 6.42 Å². The van der Waals surface area contributed by atoms with Gasteiger partial charge in [0.25, 0.3) is 0 Å². The summed E-state index contributed by atoms with van der Waals surface area (Å²) in [6.07, 6.45) is 0.323. The third-order valence-electron chi connectivity index (χ3n) is 2.19. The van der Waals surface area contributed by atoms with E-state index in [9.17, 15) is 4.79 Å². The molecule has 1 atom stereocenters. The minimum absolute atomic E-state index is 0.0329. The van der Waals surface area contributed by atoms with Gasteiger partial charge in [-0.05, 0) is 37.6 Å². The maximum absolute atomic E-state index is 10.7. The molecule has 1 aromatic carbocycles. The number of amides is 1. The first-order chi connectivity index (χ1) is 6.99. The second-order valence-corrected chi connectivity index (χ2v) is 3.79. The van der Waals surface area contributed by atoms with Crippen molar-refractivity contribution in [3.8, 4) is 0 Å². The normalized spacial score (nSPS) is 12.1. The van der Waals surface area contributed by atoms with Gasteiger partial charge in [0.15, 0.2) is 0 Å². The number of primary amides is 1. The van der Waals surface area contributed by atoms with E-state index in [1.165, 1.54) is 0 Å². The van der Waals surface area contributed by atoms with Gasteiger partial charge in [0.1, 0.15) is 0 Å². The molecule has 0 aliphatic heterocycles. The molecule has 0 bridgehead atoms. The minimum atomic E-state index is -0.304. The molecule has 4 nitrogen and oxygen atoms in total. The molecule has 0 aromatic heterocycles. The zero-order valence-electron chi connectivity index (χ0n) is 9.08. The summed E-state index contributed by atoms with van der Waals surface area (Å²) in [4.78, 5) is 10.7. The molecule has 1 rings (SSSR count). The van der Waals surface area contributed by atoms with E-state index >= 15 is 0 Å². The third kappa shape index (κ3) is 3.50. The van der Waals surface area contributed by atoms with E-state index < -0.39 is 0 Å². The summed E-state index contributed by atoms with van der Waals surface area (Å²) in [5.41, 5.74) is 13.5. The summed E-state index contributed by atoms with van der Waals surface area (Å²) in [5.74, 6) is -0.304. The van der Waals surface area contributed by atoms with Crippen LogP contribution >= 0.6 is 0 Å². The quantitative estimate of drug-likeness (QED) is 0.650. The lowest BCUT2D eigenvalue weighted by Crippen LogP contribution is -2.23. The van der Waals surface area contributed by atoms with Crippen LogP contribution < -0.4 is 16.8 Å². The standard InChI is InChI=1S/C11H17N3O/c1-7-5-9(3-4-10(7)12)14-8(2)6-11(13)15/h3-5,8,14H,6,12H2,1-2H3,(H2,13,15). The lowest BCUT2D eigenvalue weighted by atomic mass is 10.1. The van der Waals surface area contributed by atoms with Crippen LogP contribution in [0.3, 0.4) is 0 Å². The molecule has 5 N–H and O–H groups in total. The van der Waals surface area contributed by atoms with Crippen molar-refractivity contribution in [2.24, 2.45) is 5.73 Å². The smallest absolute Gasteiger partial charge is 0.219 e. The van der Waals surface area contributed by atoms with Crippen LogP contribution in [0.1, 0.15) is 18.9 Å². The van der Waals surface area contributed by atoms with Gasteiger partial charge in [-0.1, -0.05) is 0 Å². The maximum Gasteiger partial charge on any atom is 0.219 e. The van der Waals surface area contributed by atoms with Crippen LogP contribution in [0.4, 0.5) is 11.4 Å². The van der Waals surface area contributed by atoms with E-state index in [2.05, 4.69) is 5.32 Å². The van der Waals surface area contributed by atoms with Crippen molar-refractivity contribution in [2.75, 3.05) is 11.1 Å². The van der Waals surface area contributed by atoms with E-state index in [1.54, 1.807) is 0 Å². The van der Waals surface area contributed by atoms with Crippen molar-refractivity contribution in [3.63, 3.8) is 0 Å². The Bertz CT molecular complexity index is 363. The Morgan fingerprint density at radius 2 is 2.20 bits per heavy atom. The lowest BCUT2D eigenvalue weighted by Gasteiger charge is -2.14. The Morgan fingerprint density at radius 1 is 1.53 bits per heavy atom. The Hall–Kier alpha value is -1.71. The molecule has 1 unspecified atom stereocenters. The molecule has 0 aliphatic rings. The van der Waals surface area contributed by atoms with Gasteiger partial charge >= 0.3 is 0 Å². The molecule has 1 aromatic rings. The fourth-order valence-electron chi connectivity index (χ4n) is 1.40. The number of nitrogen functional groups attached to an aromatic ring is 1. The number of benzene rings is 1. The molecule has 15 heavy (non-hydrogen) atoms. The molecule has 4 heteroatoms. The van der Waals surface area contributed by atoms with E-state index in [-0.39, 0.29) is 11.9 Å². The number of aryl methyl sites for hydroxylation is 1. The van der Waals surface area contributed by atoms with Crippen molar-refractivity contribution >= 4 is 17.3 Å². The van der Waals surface area contributed by atoms with Crippen LogP contribution in [-0.2, 0) is 4.79 Å². The van der Waals surface area contributed by atoms with Crippen molar-refractivity contribution in [2.45, 2.75) is 26.3 Å². The Balaban J connectivity index is 2.64. The van der Waals surface area contributed by atoms with Gasteiger partial charge in [-0.25, -0.2) is 0 Å². The molecule has 0 fully saturated rings. The first-order valence-electron chi connectivity index (χ1n) is 4.90. The van der Waals surface area contributed by atoms with Crippen LogP contribution in [-0.4, -0.2) is 11.9 Å². The molecule has 82 valence electrons.